The summed E-state index contributed by atoms with van der Waals surface area (Å²) in [5.74, 6) is 1.26. The van der Waals surface area contributed by atoms with Crippen LogP contribution in [0.5, 0.6) is 0 Å². The Morgan fingerprint density at radius 1 is 1.33 bits per heavy atom. The molecule has 1 aromatic rings. The van der Waals surface area contributed by atoms with Gasteiger partial charge in [-0.3, -0.25) is 9.36 Å². The maximum atomic E-state index is 12.7. The fourth-order valence-electron chi connectivity index (χ4n) is 3.50. The van der Waals surface area contributed by atoms with Crippen molar-refractivity contribution >= 4 is 5.91 Å². The van der Waals surface area contributed by atoms with Crippen molar-refractivity contribution < 1.29 is 9.53 Å². The van der Waals surface area contributed by atoms with Gasteiger partial charge in [0.05, 0.1) is 13.2 Å². The van der Waals surface area contributed by atoms with Crippen LogP contribution in [0.1, 0.15) is 63.2 Å². The van der Waals surface area contributed by atoms with E-state index in [1.165, 1.54) is 4.68 Å². The molecule has 1 aromatic heterocycles. The van der Waals surface area contributed by atoms with Crippen LogP contribution in [0, 0.1) is 0 Å². The first-order valence-corrected chi connectivity index (χ1v) is 9.11. The number of hydrogen-bond acceptors (Lipinski definition) is 4. The summed E-state index contributed by atoms with van der Waals surface area (Å²) in [4.78, 5) is 26.9. The van der Waals surface area contributed by atoms with Gasteiger partial charge in [-0.15, -0.1) is 0 Å². The molecule has 2 fully saturated rings. The standard InChI is InChI=1S/C17H28N4O3/c1-3-5-15(22)19-9-4-6-13(12-19)16-18-20(10-11-24-2)17(23)21(16)14-7-8-14/h13-14H,3-12H2,1-2H3. The Morgan fingerprint density at radius 2 is 2.12 bits per heavy atom. The largest absolute Gasteiger partial charge is 0.383 e. The fourth-order valence-corrected chi connectivity index (χ4v) is 3.50. The zero-order chi connectivity index (χ0) is 17.1. The summed E-state index contributed by atoms with van der Waals surface area (Å²) >= 11 is 0. The molecule has 0 bridgehead atoms. The monoisotopic (exact) mass is 336 g/mol. The number of nitrogens with zero attached hydrogens (tertiary/aromatic N) is 4. The fraction of sp³-hybridized carbons (Fsp3) is 0.824. The Balaban J connectivity index is 1.82. The molecule has 0 spiro atoms. The van der Waals surface area contributed by atoms with Crippen LogP contribution < -0.4 is 5.69 Å². The average molecular weight is 336 g/mol. The number of hydrogen-bond donors (Lipinski definition) is 0. The van der Waals surface area contributed by atoms with E-state index < -0.39 is 0 Å². The number of rotatable bonds is 7. The van der Waals surface area contributed by atoms with Gasteiger partial charge in [0.15, 0.2) is 0 Å². The predicted octanol–water partition coefficient (Wildman–Crippen LogP) is 1.53. The molecule has 7 nitrogen and oxygen atoms in total. The van der Waals surface area contributed by atoms with Crippen LogP contribution in [0.3, 0.4) is 0 Å². The molecular weight excluding hydrogens is 308 g/mol. The van der Waals surface area contributed by atoms with Crippen LogP contribution in [0.4, 0.5) is 0 Å². The van der Waals surface area contributed by atoms with Crippen molar-refractivity contribution in [2.45, 2.75) is 64.0 Å². The van der Waals surface area contributed by atoms with Crippen molar-refractivity contribution in [3.63, 3.8) is 0 Å². The van der Waals surface area contributed by atoms with Crippen molar-refractivity contribution in [2.75, 3.05) is 26.8 Å². The van der Waals surface area contributed by atoms with Crippen LogP contribution in [-0.2, 0) is 16.1 Å². The molecule has 1 aliphatic carbocycles. The van der Waals surface area contributed by atoms with Gasteiger partial charge in [0.1, 0.15) is 5.82 Å². The molecule has 3 rings (SSSR count). The Kier molecular flexibility index (Phi) is 5.38. The maximum Gasteiger partial charge on any atom is 0.346 e. The minimum atomic E-state index is -0.0263. The number of carbonyl (C=O) groups excluding carboxylic acids is 1. The molecule has 0 N–H and O–H groups in total. The number of likely N-dealkylation sites (tertiary alicyclic amines) is 1. The molecule has 1 saturated heterocycles. The van der Waals surface area contributed by atoms with Gasteiger partial charge in [-0.2, -0.15) is 5.10 Å². The van der Waals surface area contributed by atoms with E-state index in [9.17, 15) is 9.59 Å². The minimum absolute atomic E-state index is 0.0263. The quantitative estimate of drug-likeness (QED) is 0.757. The molecular formula is C17H28N4O3. The molecule has 1 unspecified atom stereocenters. The van der Waals surface area contributed by atoms with E-state index in [0.29, 0.717) is 32.2 Å². The van der Waals surface area contributed by atoms with E-state index in [-0.39, 0.29) is 17.5 Å². The van der Waals surface area contributed by atoms with Crippen molar-refractivity contribution in [1.29, 1.82) is 0 Å². The van der Waals surface area contributed by atoms with Gasteiger partial charge in [-0.1, -0.05) is 6.92 Å². The van der Waals surface area contributed by atoms with Crippen molar-refractivity contribution in [2.24, 2.45) is 0 Å². The third-order valence-electron chi connectivity index (χ3n) is 4.92. The topological polar surface area (TPSA) is 69.4 Å². The Hall–Kier alpha value is -1.63. The number of aromatic nitrogens is 3. The van der Waals surface area contributed by atoms with Gasteiger partial charge in [-0.25, -0.2) is 9.48 Å². The summed E-state index contributed by atoms with van der Waals surface area (Å²) in [6.07, 6.45) is 5.54. The highest BCUT2D eigenvalue weighted by molar-refractivity contribution is 5.76. The Labute approximate surface area is 142 Å². The SMILES string of the molecule is CCCC(=O)N1CCCC(c2nn(CCOC)c(=O)n2C2CC2)C1. The first-order chi connectivity index (χ1) is 11.7. The maximum absolute atomic E-state index is 12.7. The van der Waals surface area contributed by atoms with Gasteiger partial charge < -0.3 is 9.64 Å². The molecule has 1 aliphatic heterocycles. The van der Waals surface area contributed by atoms with E-state index in [0.717, 1.165) is 44.5 Å². The van der Waals surface area contributed by atoms with Crippen LogP contribution in [-0.4, -0.2) is 52.0 Å². The molecule has 1 amide bonds. The normalized spacial score (nSPS) is 21.2. The Morgan fingerprint density at radius 3 is 2.79 bits per heavy atom. The molecule has 0 aromatic carbocycles. The number of ether oxygens (including phenoxy) is 1. The van der Waals surface area contributed by atoms with Gasteiger partial charge in [-0.05, 0) is 32.1 Å². The number of amides is 1. The average Bonchev–Trinajstić information content (AvgIpc) is 3.37. The first-order valence-electron chi connectivity index (χ1n) is 9.11. The summed E-state index contributed by atoms with van der Waals surface area (Å²) in [7, 11) is 1.63. The lowest BCUT2D eigenvalue weighted by molar-refractivity contribution is -0.132. The first kappa shape index (κ1) is 17.2. The van der Waals surface area contributed by atoms with Crippen LogP contribution in [0.2, 0.25) is 0 Å². The van der Waals surface area contributed by atoms with Crippen LogP contribution >= 0.6 is 0 Å². The smallest absolute Gasteiger partial charge is 0.346 e. The highest BCUT2D eigenvalue weighted by Gasteiger charge is 2.35. The molecule has 7 heteroatoms. The summed E-state index contributed by atoms with van der Waals surface area (Å²) in [5, 5.41) is 4.62. The van der Waals surface area contributed by atoms with E-state index in [2.05, 4.69) is 5.10 Å². The molecule has 1 saturated carbocycles. The molecule has 0 radical (unpaired) electrons. The van der Waals surface area contributed by atoms with E-state index in [4.69, 9.17) is 4.74 Å². The van der Waals surface area contributed by atoms with Crippen LogP contribution in [0.15, 0.2) is 4.79 Å². The van der Waals surface area contributed by atoms with E-state index >= 15 is 0 Å². The summed E-state index contributed by atoms with van der Waals surface area (Å²) in [5.41, 5.74) is -0.0263. The van der Waals surface area contributed by atoms with Gasteiger partial charge in [0, 0.05) is 38.6 Å². The minimum Gasteiger partial charge on any atom is -0.383 e. The molecule has 134 valence electrons. The third kappa shape index (κ3) is 3.55. The van der Waals surface area contributed by atoms with Crippen molar-refractivity contribution in [3.8, 4) is 0 Å². The molecule has 2 heterocycles. The Bertz CT molecular complexity index is 632. The highest BCUT2D eigenvalue weighted by Crippen LogP contribution is 2.37. The van der Waals surface area contributed by atoms with Gasteiger partial charge in [0.2, 0.25) is 5.91 Å². The van der Waals surface area contributed by atoms with Crippen LogP contribution in [0.25, 0.3) is 0 Å². The van der Waals surface area contributed by atoms with Gasteiger partial charge >= 0.3 is 5.69 Å². The summed E-state index contributed by atoms with van der Waals surface area (Å²) < 4.78 is 8.50. The summed E-state index contributed by atoms with van der Waals surface area (Å²) in [6, 6.07) is 0.297. The number of carbonyl (C=O) groups is 1. The highest BCUT2D eigenvalue weighted by atomic mass is 16.5. The second kappa shape index (κ2) is 7.51. The lowest BCUT2D eigenvalue weighted by Gasteiger charge is -2.32. The number of piperidine rings is 1. The zero-order valence-electron chi connectivity index (χ0n) is 14.7. The lowest BCUT2D eigenvalue weighted by atomic mass is 9.96. The second-order valence-corrected chi connectivity index (χ2v) is 6.89. The van der Waals surface area contributed by atoms with E-state index in [1.54, 1.807) is 7.11 Å². The number of methoxy groups -OCH3 is 1. The lowest BCUT2D eigenvalue weighted by Crippen LogP contribution is -2.39. The van der Waals surface area contributed by atoms with Crippen molar-refractivity contribution in [1.82, 2.24) is 19.2 Å². The zero-order valence-corrected chi connectivity index (χ0v) is 14.7. The molecule has 1 atom stereocenters. The molecule has 2 aliphatic rings. The summed E-state index contributed by atoms with van der Waals surface area (Å²) in [6.45, 7) is 4.50. The second-order valence-electron chi connectivity index (χ2n) is 6.89. The van der Waals surface area contributed by atoms with Crippen molar-refractivity contribution in [3.05, 3.63) is 16.3 Å². The molecule has 24 heavy (non-hydrogen) atoms. The predicted molar refractivity (Wildman–Crippen MR) is 90.1 cm³/mol. The van der Waals surface area contributed by atoms with E-state index in [1.807, 2.05) is 16.4 Å². The third-order valence-corrected chi connectivity index (χ3v) is 4.92. The van der Waals surface area contributed by atoms with Gasteiger partial charge in [0.25, 0.3) is 0 Å².